The third-order valence-corrected chi connectivity index (χ3v) is 9.55. The Morgan fingerprint density at radius 2 is 1.93 bits per heavy atom. The third-order valence-electron chi connectivity index (χ3n) is 9.24. The van der Waals surface area contributed by atoms with Crippen molar-refractivity contribution in [2.45, 2.75) is 95.7 Å². The number of aromatic nitrogens is 1. The molecule has 1 spiro atoms. The van der Waals surface area contributed by atoms with Gasteiger partial charge in [-0.15, -0.1) is 0 Å². The van der Waals surface area contributed by atoms with Crippen molar-refractivity contribution >= 4 is 46.1 Å². The lowest BCUT2D eigenvalue weighted by atomic mass is 9.72. The molecule has 3 atom stereocenters. The molecular formula is C30H40ClN5O4. The van der Waals surface area contributed by atoms with Crippen LogP contribution in [-0.4, -0.2) is 57.7 Å². The fourth-order valence-corrected chi connectivity index (χ4v) is 7.15. The summed E-state index contributed by atoms with van der Waals surface area (Å²) >= 11 is 6.34. The second-order valence-electron chi connectivity index (χ2n) is 12.8. The largest absolute Gasteiger partial charge is 0.368 e. The topological polar surface area (TPSA) is 137 Å². The first-order valence-corrected chi connectivity index (χ1v) is 14.8. The number of nitrogens with two attached hydrogens (primary N) is 1. The van der Waals surface area contributed by atoms with Crippen LogP contribution in [0.3, 0.4) is 0 Å². The standard InChI is InChI=1S/C30H40ClN5O4/c1-29(2)14-11-18(26(38)35-29)9-10-21(25(32)37)34-27(39)23-16-30(12-4-3-5-13-30)17-36(23)28(40)22-15-19-7-6-8-20(31)24(19)33-22/h6-8,15,18,21,23,33H,3-5,9-14,16-17H2,1-2H3,(H2,32,37)(H,34,39)(H,35,38)/t18?,21-,23?/m0/s1. The minimum atomic E-state index is -0.915. The molecule has 10 heteroatoms. The number of H-pyrrole nitrogens is 1. The highest BCUT2D eigenvalue weighted by Gasteiger charge is 2.49. The van der Waals surface area contributed by atoms with Gasteiger partial charge in [0.1, 0.15) is 17.8 Å². The molecule has 0 bridgehead atoms. The average molecular weight is 570 g/mol. The second kappa shape index (κ2) is 11.1. The highest BCUT2D eigenvalue weighted by molar-refractivity contribution is 6.35. The van der Waals surface area contributed by atoms with Crippen LogP contribution in [0.4, 0.5) is 0 Å². The predicted octanol–water partition coefficient (Wildman–Crippen LogP) is 4.04. The molecule has 3 fully saturated rings. The van der Waals surface area contributed by atoms with Crippen LogP contribution in [0.2, 0.25) is 5.02 Å². The Hall–Kier alpha value is -3.07. The van der Waals surface area contributed by atoms with Gasteiger partial charge in [0.25, 0.3) is 5.91 Å². The average Bonchev–Trinajstić information content (AvgIpc) is 3.50. The maximum absolute atomic E-state index is 13.8. The Morgan fingerprint density at radius 3 is 2.60 bits per heavy atom. The lowest BCUT2D eigenvalue weighted by Gasteiger charge is -2.35. The molecule has 4 amide bonds. The number of fused-ring (bicyclic) bond motifs is 1. The van der Waals surface area contributed by atoms with E-state index in [-0.39, 0.29) is 41.0 Å². The first kappa shape index (κ1) is 28.5. The second-order valence-corrected chi connectivity index (χ2v) is 13.2. The number of halogens is 1. The van der Waals surface area contributed by atoms with Crippen LogP contribution in [0.1, 0.15) is 88.5 Å². The van der Waals surface area contributed by atoms with Crippen molar-refractivity contribution in [2.24, 2.45) is 17.1 Å². The number of carbonyl (C=O) groups excluding carboxylic acids is 4. The monoisotopic (exact) mass is 569 g/mol. The fourth-order valence-electron chi connectivity index (χ4n) is 6.92. The molecule has 5 N–H and O–H groups in total. The van der Waals surface area contributed by atoms with Crippen molar-refractivity contribution in [3.05, 3.63) is 35.0 Å². The number of likely N-dealkylation sites (tertiary alicyclic amines) is 1. The Balaban J connectivity index is 1.32. The number of carbonyl (C=O) groups is 4. The molecule has 3 aliphatic rings. The number of hydrogen-bond acceptors (Lipinski definition) is 4. The highest BCUT2D eigenvalue weighted by atomic mass is 35.5. The summed E-state index contributed by atoms with van der Waals surface area (Å²) in [5.41, 5.74) is 6.41. The normalized spacial score (nSPS) is 24.6. The number of hydrogen-bond donors (Lipinski definition) is 4. The van der Waals surface area contributed by atoms with E-state index in [0.29, 0.717) is 35.6 Å². The molecule has 2 aliphatic heterocycles. The van der Waals surface area contributed by atoms with E-state index in [1.807, 2.05) is 26.0 Å². The molecule has 1 aromatic heterocycles. The van der Waals surface area contributed by atoms with Gasteiger partial charge in [-0.2, -0.15) is 0 Å². The summed E-state index contributed by atoms with van der Waals surface area (Å²) in [5, 5.41) is 7.23. The number of rotatable bonds is 7. The number of nitrogens with zero attached hydrogens (tertiary/aromatic N) is 1. The molecule has 9 nitrogen and oxygen atoms in total. The van der Waals surface area contributed by atoms with E-state index in [1.165, 1.54) is 0 Å². The molecular weight excluding hydrogens is 530 g/mol. The molecule has 0 radical (unpaired) electrons. The zero-order chi connectivity index (χ0) is 28.7. The van der Waals surface area contributed by atoms with Crippen molar-refractivity contribution < 1.29 is 19.2 Å². The van der Waals surface area contributed by atoms with E-state index in [2.05, 4.69) is 15.6 Å². The van der Waals surface area contributed by atoms with Crippen molar-refractivity contribution in [3.8, 4) is 0 Å². The quantitative estimate of drug-likeness (QED) is 0.400. The van der Waals surface area contributed by atoms with Gasteiger partial charge in [-0.25, -0.2) is 0 Å². The number of nitrogens with one attached hydrogen (secondary N) is 3. The molecule has 3 heterocycles. The molecule has 1 aliphatic carbocycles. The molecule has 5 rings (SSSR count). The Morgan fingerprint density at radius 1 is 1.18 bits per heavy atom. The van der Waals surface area contributed by atoms with Crippen LogP contribution in [0, 0.1) is 11.3 Å². The first-order valence-electron chi connectivity index (χ1n) is 14.5. The molecule has 2 aromatic rings. The van der Waals surface area contributed by atoms with Crippen molar-refractivity contribution in [2.75, 3.05) is 6.54 Å². The summed E-state index contributed by atoms with van der Waals surface area (Å²) in [6, 6.07) is 5.62. The van der Waals surface area contributed by atoms with Gasteiger partial charge in [0, 0.05) is 23.4 Å². The van der Waals surface area contributed by atoms with Crippen LogP contribution >= 0.6 is 11.6 Å². The lowest BCUT2D eigenvalue weighted by Crippen LogP contribution is -2.53. The van der Waals surface area contributed by atoms with Gasteiger partial charge < -0.3 is 26.3 Å². The lowest BCUT2D eigenvalue weighted by molar-refractivity contribution is -0.131. The van der Waals surface area contributed by atoms with Gasteiger partial charge in [0.15, 0.2) is 0 Å². The number of amides is 4. The number of para-hydroxylation sites is 1. The Kier molecular flexibility index (Phi) is 7.88. The molecule has 40 heavy (non-hydrogen) atoms. The zero-order valence-electron chi connectivity index (χ0n) is 23.4. The minimum absolute atomic E-state index is 0.0314. The van der Waals surface area contributed by atoms with Crippen molar-refractivity contribution in [1.29, 1.82) is 0 Å². The van der Waals surface area contributed by atoms with E-state index >= 15 is 0 Å². The molecule has 2 unspecified atom stereocenters. The Labute approximate surface area is 239 Å². The van der Waals surface area contributed by atoms with Gasteiger partial charge in [0.2, 0.25) is 17.7 Å². The molecule has 216 valence electrons. The van der Waals surface area contributed by atoms with Crippen LogP contribution in [0.5, 0.6) is 0 Å². The zero-order valence-corrected chi connectivity index (χ0v) is 24.1. The summed E-state index contributed by atoms with van der Waals surface area (Å²) < 4.78 is 0. The number of primary amides is 1. The highest BCUT2D eigenvalue weighted by Crippen LogP contribution is 2.47. The molecule has 1 saturated carbocycles. The molecule has 1 aromatic carbocycles. The van der Waals surface area contributed by atoms with E-state index < -0.39 is 18.0 Å². The number of benzene rings is 1. The van der Waals surface area contributed by atoms with Crippen LogP contribution < -0.4 is 16.4 Å². The summed E-state index contributed by atoms with van der Waals surface area (Å²) in [6.07, 6.45) is 8.06. The summed E-state index contributed by atoms with van der Waals surface area (Å²) in [7, 11) is 0. The van der Waals surface area contributed by atoms with Gasteiger partial charge in [0.05, 0.1) is 10.5 Å². The SMILES string of the molecule is CC1(C)CCC(CC[C@H](NC(=O)C2CC3(CCCCC3)CN2C(=O)c2cc3cccc(Cl)c3[nH]2)C(N)=O)C(=O)N1. The van der Waals surface area contributed by atoms with Gasteiger partial charge in [-0.1, -0.05) is 43.0 Å². The summed E-state index contributed by atoms with van der Waals surface area (Å²) in [4.78, 5) is 57.3. The van der Waals surface area contributed by atoms with Crippen molar-refractivity contribution in [3.63, 3.8) is 0 Å². The van der Waals surface area contributed by atoms with E-state index in [9.17, 15) is 19.2 Å². The predicted molar refractivity (Wildman–Crippen MR) is 154 cm³/mol. The number of aromatic amines is 1. The summed E-state index contributed by atoms with van der Waals surface area (Å²) in [5.74, 6) is -1.53. The molecule has 2 saturated heterocycles. The fraction of sp³-hybridized carbons (Fsp3) is 0.600. The van der Waals surface area contributed by atoms with E-state index in [1.54, 1.807) is 17.0 Å². The van der Waals surface area contributed by atoms with Gasteiger partial charge in [-0.3, -0.25) is 19.2 Å². The first-order chi connectivity index (χ1) is 19.0. The van der Waals surface area contributed by atoms with Gasteiger partial charge in [-0.05, 0) is 76.3 Å². The van der Waals surface area contributed by atoms with E-state index in [0.717, 1.165) is 50.3 Å². The Bertz CT molecular complexity index is 1310. The van der Waals surface area contributed by atoms with Crippen molar-refractivity contribution in [1.82, 2.24) is 20.5 Å². The van der Waals surface area contributed by atoms with Crippen LogP contribution in [0.25, 0.3) is 10.9 Å². The minimum Gasteiger partial charge on any atom is -0.368 e. The maximum atomic E-state index is 13.8. The number of piperidine rings is 1. The maximum Gasteiger partial charge on any atom is 0.271 e. The van der Waals surface area contributed by atoms with Gasteiger partial charge >= 0.3 is 0 Å². The van der Waals surface area contributed by atoms with E-state index in [4.69, 9.17) is 17.3 Å². The van der Waals surface area contributed by atoms with Crippen LogP contribution in [-0.2, 0) is 14.4 Å². The summed E-state index contributed by atoms with van der Waals surface area (Å²) in [6.45, 7) is 4.48. The van der Waals surface area contributed by atoms with Crippen LogP contribution in [0.15, 0.2) is 24.3 Å². The third kappa shape index (κ3) is 5.85. The smallest absolute Gasteiger partial charge is 0.271 e.